The predicted octanol–water partition coefficient (Wildman–Crippen LogP) is 2.27. The highest BCUT2D eigenvalue weighted by Gasteiger charge is 2.24. The van der Waals surface area contributed by atoms with Crippen molar-refractivity contribution in [3.8, 4) is 5.75 Å². The van der Waals surface area contributed by atoms with E-state index >= 15 is 0 Å². The molecule has 0 bridgehead atoms. The van der Waals surface area contributed by atoms with Crippen LogP contribution in [0.5, 0.6) is 5.75 Å². The second kappa shape index (κ2) is 6.21. The average molecular weight is 248 g/mol. The van der Waals surface area contributed by atoms with Gasteiger partial charge in [0.05, 0.1) is 7.11 Å². The number of benzene rings is 1. The summed E-state index contributed by atoms with van der Waals surface area (Å²) in [6.45, 7) is 7.70. The van der Waals surface area contributed by atoms with Gasteiger partial charge in [-0.3, -0.25) is 4.90 Å². The van der Waals surface area contributed by atoms with Crippen LogP contribution in [0.2, 0.25) is 0 Å². The number of hydrogen-bond acceptors (Lipinski definition) is 3. The first kappa shape index (κ1) is 13.4. The molecule has 0 aromatic heterocycles. The summed E-state index contributed by atoms with van der Waals surface area (Å²) in [5.41, 5.74) is 1.28. The molecule has 2 rings (SSSR count). The van der Waals surface area contributed by atoms with Crippen LogP contribution in [0.3, 0.4) is 0 Å². The van der Waals surface area contributed by atoms with Gasteiger partial charge in [0.25, 0.3) is 0 Å². The molecule has 2 unspecified atom stereocenters. The van der Waals surface area contributed by atoms with E-state index in [-0.39, 0.29) is 0 Å². The first-order chi connectivity index (χ1) is 8.74. The first-order valence-corrected chi connectivity index (χ1v) is 6.84. The molecule has 100 valence electrons. The lowest BCUT2D eigenvalue weighted by Gasteiger charge is -2.38. The third-order valence-electron chi connectivity index (χ3n) is 3.84. The first-order valence-electron chi connectivity index (χ1n) is 6.84. The van der Waals surface area contributed by atoms with Gasteiger partial charge >= 0.3 is 0 Å². The van der Waals surface area contributed by atoms with Crippen molar-refractivity contribution in [3.05, 3.63) is 29.8 Å². The Morgan fingerprint density at radius 1 is 1.39 bits per heavy atom. The number of ether oxygens (including phenoxy) is 1. The lowest BCUT2D eigenvalue weighted by Crippen LogP contribution is -2.54. The van der Waals surface area contributed by atoms with E-state index in [1.807, 2.05) is 12.1 Å². The van der Waals surface area contributed by atoms with E-state index in [1.165, 1.54) is 12.0 Å². The fourth-order valence-corrected chi connectivity index (χ4v) is 2.54. The molecule has 2 atom stereocenters. The Morgan fingerprint density at radius 2 is 2.17 bits per heavy atom. The quantitative estimate of drug-likeness (QED) is 0.884. The summed E-state index contributed by atoms with van der Waals surface area (Å²) in [7, 11) is 1.74. The summed E-state index contributed by atoms with van der Waals surface area (Å²) >= 11 is 0. The maximum atomic E-state index is 5.43. The maximum absolute atomic E-state index is 5.43. The highest BCUT2D eigenvalue weighted by molar-refractivity contribution is 5.33. The molecule has 0 amide bonds. The summed E-state index contributed by atoms with van der Waals surface area (Å²) in [6, 6.07) is 9.52. The molecule has 0 radical (unpaired) electrons. The topological polar surface area (TPSA) is 24.5 Å². The molecule has 1 aromatic rings. The van der Waals surface area contributed by atoms with Crippen LogP contribution in [0, 0.1) is 0 Å². The second-order valence-electron chi connectivity index (χ2n) is 5.10. The van der Waals surface area contributed by atoms with Gasteiger partial charge in [0, 0.05) is 37.3 Å². The minimum absolute atomic E-state index is 0.581. The molecule has 1 N–H and O–H groups in total. The lowest BCUT2D eigenvalue weighted by molar-refractivity contribution is 0.130. The van der Waals surface area contributed by atoms with Gasteiger partial charge in [-0.15, -0.1) is 0 Å². The Morgan fingerprint density at radius 3 is 2.89 bits per heavy atom. The van der Waals surface area contributed by atoms with Crippen LogP contribution >= 0.6 is 0 Å². The van der Waals surface area contributed by atoms with Gasteiger partial charge in [-0.25, -0.2) is 0 Å². The van der Waals surface area contributed by atoms with Crippen molar-refractivity contribution < 1.29 is 4.74 Å². The smallest absolute Gasteiger partial charge is 0.123 e. The molecule has 1 fully saturated rings. The van der Waals surface area contributed by atoms with Crippen LogP contribution in [-0.2, 0) is 6.54 Å². The highest BCUT2D eigenvalue weighted by Crippen LogP contribution is 2.21. The van der Waals surface area contributed by atoms with E-state index in [0.29, 0.717) is 12.1 Å². The Hall–Kier alpha value is -1.06. The lowest BCUT2D eigenvalue weighted by atomic mass is 10.1. The summed E-state index contributed by atoms with van der Waals surface area (Å²) < 4.78 is 5.43. The van der Waals surface area contributed by atoms with E-state index < -0.39 is 0 Å². The summed E-state index contributed by atoms with van der Waals surface area (Å²) in [5, 5.41) is 3.59. The van der Waals surface area contributed by atoms with Gasteiger partial charge in [0.1, 0.15) is 5.75 Å². The Labute approximate surface area is 110 Å². The van der Waals surface area contributed by atoms with Crippen LogP contribution < -0.4 is 10.1 Å². The van der Waals surface area contributed by atoms with E-state index in [9.17, 15) is 0 Å². The molecule has 1 aromatic carbocycles. The number of piperazine rings is 1. The Balaban J connectivity index is 2.07. The number of methoxy groups -OCH3 is 1. The van der Waals surface area contributed by atoms with E-state index in [0.717, 1.165) is 25.4 Å². The van der Waals surface area contributed by atoms with E-state index in [4.69, 9.17) is 4.74 Å². The molecule has 3 heteroatoms. The van der Waals surface area contributed by atoms with Crippen molar-refractivity contribution in [2.45, 2.75) is 38.9 Å². The van der Waals surface area contributed by atoms with Gasteiger partial charge in [0.2, 0.25) is 0 Å². The van der Waals surface area contributed by atoms with Gasteiger partial charge in [0.15, 0.2) is 0 Å². The zero-order valence-corrected chi connectivity index (χ0v) is 11.6. The standard InChI is InChI=1S/C15H24N2O/c1-4-14-11-17(12(2)9-16-14)10-13-7-5-6-8-15(13)18-3/h5-8,12,14,16H,4,9-11H2,1-3H3. The van der Waals surface area contributed by atoms with Crippen molar-refractivity contribution in [2.75, 3.05) is 20.2 Å². The van der Waals surface area contributed by atoms with Gasteiger partial charge < -0.3 is 10.1 Å². The van der Waals surface area contributed by atoms with Gasteiger partial charge in [-0.1, -0.05) is 25.1 Å². The van der Waals surface area contributed by atoms with Crippen LogP contribution in [-0.4, -0.2) is 37.2 Å². The van der Waals surface area contributed by atoms with Crippen molar-refractivity contribution in [3.63, 3.8) is 0 Å². The number of nitrogens with one attached hydrogen (secondary N) is 1. The number of rotatable bonds is 4. The minimum atomic E-state index is 0.581. The summed E-state index contributed by atoms with van der Waals surface area (Å²) in [5.74, 6) is 0.997. The van der Waals surface area contributed by atoms with Crippen molar-refractivity contribution in [1.29, 1.82) is 0 Å². The number of hydrogen-bond donors (Lipinski definition) is 1. The van der Waals surface area contributed by atoms with E-state index in [2.05, 4.69) is 36.2 Å². The highest BCUT2D eigenvalue weighted by atomic mass is 16.5. The largest absolute Gasteiger partial charge is 0.496 e. The monoisotopic (exact) mass is 248 g/mol. The summed E-state index contributed by atoms with van der Waals surface area (Å²) in [4.78, 5) is 2.54. The maximum Gasteiger partial charge on any atom is 0.123 e. The number of nitrogens with zero attached hydrogens (tertiary/aromatic N) is 1. The molecular weight excluding hydrogens is 224 g/mol. The van der Waals surface area contributed by atoms with Crippen LogP contribution in [0.25, 0.3) is 0 Å². The van der Waals surface area contributed by atoms with Crippen molar-refractivity contribution in [2.24, 2.45) is 0 Å². The molecule has 1 saturated heterocycles. The fraction of sp³-hybridized carbons (Fsp3) is 0.600. The second-order valence-corrected chi connectivity index (χ2v) is 5.10. The average Bonchev–Trinajstić information content (AvgIpc) is 2.42. The van der Waals surface area contributed by atoms with Gasteiger partial charge in [-0.05, 0) is 19.4 Å². The molecule has 1 heterocycles. The molecule has 18 heavy (non-hydrogen) atoms. The Kier molecular flexibility index (Phi) is 4.61. The normalized spacial score (nSPS) is 25.1. The molecule has 1 aliphatic heterocycles. The molecular formula is C15H24N2O. The van der Waals surface area contributed by atoms with Crippen LogP contribution in [0.1, 0.15) is 25.8 Å². The Bertz CT molecular complexity index is 381. The minimum Gasteiger partial charge on any atom is -0.496 e. The fourth-order valence-electron chi connectivity index (χ4n) is 2.54. The van der Waals surface area contributed by atoms with Crippen LogP contribution in [0.15, 0.2) is 24.3 Å². The molecule has 0 aliphatic carbocycles. The SMILES string of the molecule is CCC1CN(Cc2ccccc2OC)C(C)CN1. The predicted molar refractivity (Wildman–Crippen MR) is 74.9 cm³/mol. The molecule has 1 aliphatic rings. The molecule has 0 saturated carbocycles. The van der Waals surface area contributed by atoms with Crippen molar-refractivity contribution in [1.82, 2.24) is 10.2 Å². The number of para-hydroxylation sites is 1. The third kappa shape index (κ3) is 3.03. The molecule has 0 spiro atoms. The van der Waals surface area contributed by atoms with Crippen molar-refractivity contribution >= 4 is 0 Å². The zero-order valence-electron chi connectivity index (χ0n) is 11.6. The molecule has 3 nitrogen and oxygen atoms in total. The zero-order chi connectivity index (χ0) is 13.0. The van der Waals surface area contributed by atoms with E-state index in [1.54, 1.807) is 7.11 Å². The summed E-state index contributed by atoms with van der Waals surface area (Å²) in [6.07, 6.45) is 1.19. The van der Waals surface area contributed by atoms with Gasteiger partial charge in [-0.2, -0.15) is 0 Å². The third-order valence-corrected chi connectivity index (χ3v) is 3.84. The van der Waals surface area contributed by atoms with Crippen LogP contribution in [0.4, 0.5) is 0 Å².